The van der Waals surface area contributed by atoms with Crippen LogP contribution in [0.25, 0.3) is 11.5 Å². The molecular formula is C12H17N5. The van der Waals surface area contributed by atoms with E-state index < -0.39 is 0 Å². The molecule has 0 amide bonds. The molecule has 17 heavy (non-hydrogen) atoms. The molecule has 0 saturated heterocycles. The van der Waals surface area contributed by atoms with Gasteiger partial charge in [-0.15, -0.1) is 0 Å². The molecular weight excluding hydrogens is 214 g/mol. The molecule has 2 aromatic heterocycles. The molecule has 90 valence electrons. The molecule has 0 radical (unpaired) electrons. The third-order valence-corrected chi connectivity index (χ3v) is 2.46. The van der Waals surface area contributed by atoms with Crippen LogP contribution in [0.15, 0.2) is 24.5 Å². The topological polar surface area (TPSA) is 55.6 Å². The van der Waals surface area contributed by atoms with Gasteiger partial charge < -0.3 is 5.32 Å². The van der Waals surface area contributed by atoms with Crippen molar-refractivity contribution < 1.29 is 0 Å². The van der Waals surface area contributed by atoms with Crippen LogP contribution in [0.1, 0.15) is 20.3 Å². The zero-order valence-electron chi connectivity index (χ0n) is 10.2. The van der Waals surface area contributed by atoms with Crippen molar-refractivity contribution in [2.24, 2.45) is 0 Å². The van der Waals surface area contributed by atoms with Crippen molar-refractivity contribution in [2.75, 3.05) is 11.9 Å². The summed E-state index contributed by atoms with van der Waals surface area (Å²) >= 11 is 0. The molecule has 0 saturated carbocycles. The molecule has 0 aliphatic heterocycles. The molecule has 0 spiro atoms. The molecule has 2 heterocycles. The summed E-state index contributed by atoms with van der Waals surface area (Å²) in [5.74, 6) is 1.58. The van der Waals surface area contributed by atoms with Crippen LogP contribution < -0.4 is 5.32 Å². The Kier molecular flexibility index (Phi) is 3.69. The van der Waals surface area contributed by atoms with Gasteiger partial charge in [-0.2, -0.15) is 5.10 Å². The Morgan fingerprint density at radius 2 is 2.12 bits per heavy atom. The molecule has 2 rings (SSSR count). The number of hydrogen-bond acceptors (Lipinski definition) is 4. The van der Waals surface area contributed by atoms with E-state index in [1.807, 2.05) is 16.8 Å². The van der Waals surface area contributed by atoms with Crippen LogP contribution in [0.2, 0.25) is 0 Å². The van der Waals surface area contributed by atoms with Crippen molar-refractivity contribution in [3.63, 3.8) is 0 Å². The van der Waals surface area contributed by atoms with Crippen LogP contribution >= 0.6 is 0 Å². The zero-order chi connectivity index (χ0) is 12.1. The Morgan fingerprint density at radius 1 is 1.24 bits per heavy atom. The first-order chi connectivity index (χ1) is 8.35. The highest BCUT2D eigenvalue weighted by atomic mass is 15.3. The largest absolute Gasteiger partial charge is 0.370 e. The highest BCUT2D eigenvalue weighted by Gasteiger charge is 2.07. The van der Waals surface area contributed by atoms with Crippen LogP contribution in [-0.2, 0) is 6.54 Å². The maximum absolute atomic E-state index is 4.48. The predicted octanol–water partition coefficient (Wildman–Crippen LogP) is 2.18. The predicted molar refractivity (Wildman–Crippen MR) is 67.7 cm³/mol. The maximum Gasteiger partial charge on any atom is 0.179 e. The summed E-state index contributed by atoms with van der Waals surface area (Å²) in [7, 11) is 0. The molecule has 0 aromatic carbocycles. The third kappa shape index (κ3) is 2.61. The van der Waals surface area contributed by atoms with Gasteiger partial charge in [-0.05, 0) is 25.5 Å². The number of nitrogens with zero attached hydrogens (tertiary/aromatic N) is 4. The fourth-order valence-corrected chi connectivity index (χ4v) is 1.61. The van der Waals surface area contributed by atoms with Crippen LogP contribution in [0.3, 0.4) is 0 Å². The first-order valence-corrected chi connectivity index (χ1v) is 5.94. The smallest absolute Gasteiger partial charge is 0.179 e. The first-order valence-electron chi connectivity index (χ1n) is 5.94. The molecule has 0 bridgehead atoms. The van der Waals surface area contributed by atoms with E-state index in [2.05, 4.69) is 34.2 Å². The highest BCUT2D eigenvalue weighted by Crippen LogP contribution is 2.15. The van der Waals surface area contributed by atoms with Crippen molar-refractivity contribution in [3.05, 3.63) is 24.5 Å². The number of nitrogens with one attached hydrogen (secondary N) is 1. The molecule has 0 fully saturated rings. The summed E-state index contributed by atoms with van der Waals surface area (Å²) in [5, 5.41) is 7.47. The molecule has 0 atom stereocenters. The molecule has 0 aliphatic rings. The lowest BCUT2D eigenvalue weighted by Gasteiger charge is -2.06. The van der Waals surface area contributed by atoms with Gasteiger partial charge in [-0.3, -0.25) is 4.68 Å². The van der Waals surface area contributed by atoms with Gasteiger partial charge in [0.05, 0.1) is 0 Å². The van der Waals surface area contributed by atoms with Gasteiger partial charge in [0.1, 0.15) is 11.5 Å². The lowest BCUT2D eigenvalue weighted by molar-refractivity contribution is 0.664. The number of aryl methyl sites for hydroxylation is 1. The quantitative estimate of drug-likeness (QED) is 0.857. The minimum atomic E-state index is 0.713. The maximum atomic E-state index is 4.48. The van der Waals surface area contributed by atoms with Crippen LogP contribution in [0, 0.1) is 0 Å². The van der Waals surface area contributed by atoms with E-state index in [1.54, 1.807) is 12.4 Å². The second-order valence-corrected chi connectivity index (χ2v) is 3.72. The summed E-state index contributed by atoms with van der Waals surface area (Å²) in [6.45, 7) is 5.92. The molecule has 0 aliphatic carbocycles. The summed E-state index contributed by atoms with van der Waals surface area (Å²) in [5.41, 5.74) is 0.952. The van der Waals surface area contributed by atoms with Gasteiger partial charge >= 0.3 is 0 Å². The van der Waals surface area contributed by atoms with Crippen molar-refractivity contribution in [1.29, 1.82) is 0 Å². The van der Waals surface area contributed by atoms with Crippen LogP contribution in [0.4, 0.5) is 5.82 Å². The van der Waals surface area contributed by atoms with Gasteiger partial charge in [-0.25, -0.2) is 9.97 Å². The van der Waals surface area contributed by atoms with E-state index in [0.717, 1.165) is 31.0 Å². The van der Waals surface area contributed by atoms with E-state index in [0.29, 0.717) is 5.82 Å². The number of aromatic nitrogens is 4. The van der Waals surface area contributed by atoms with Gasteiger partial charge in [0.15, 0.2) is 5.82 Å². The Bertz CT molecular complexity index is 477. The van der Waals surface area contributed by atoms with E-state index in [-0.39, 0.29) is 0 Å². The SMILES string of the molecule is CCCNc1ccnc(-c2ccnn2CC)n1. The van der Waals surface area contributed by atoms with Gasteiger partial charge in [0, 0.05) is 25.5 Å². The van der Waals surface area contributed by atoms with E-state index in [4.69, 9.17) is 0 Å². The zero-order valence-corrected chi connectivity index (χ0v) is 10.2. The summed E-state index contributed by atoms with van der Waals surface area (Å²) in [6, 6.07) is 3.81. The van der Waals surface area contributed by atoms with Crippen molar-refractivity contribution in [2.45, 2.75) is 26.8 Å². The molecule has 2 aromatic rings. The summed E-state index contributed by atoms with van der Waals surface area (Å²) in [4.78, 5) is 8.76. The Labute approximate surface area is 101 Å². The van der Waals surface area contributed by atoms with Gasteiger partial charge in [-0.1, -0.05) is 6.92 Å². The number of hydrogen-bond donors (Lipinski definition) is 1. The molecule has 5 nitrogen and oxygen atoms in total. The normalized spacial score (nSPS) is 10.5. The standard InChI is InChI=1S/C12H17N5/c1-3-7-13-11-6-8-14-12(16-11)10-5-9-15-17(10)4-2/h5-6,8-9H,3-4,7H2,1-2H3,(H,13,14,16). The third-order valence-electron chi connectivity index (χ3n) is 2.46. The Hall–Kier alpha value is -1.91. The molecule has 1 N–H and O–H groups in total. The first kappa shape index (κ1) is 11.6. The number of anilines is 1. The summed E-state index contributed by atoms with van der Waals surface area (Å²) < 4.78 is 1.89. The van der Waals surface area contributed by atoms with Crippen molar-refractivity contribution >= 4 is 5.82 Å². The molecule has 5 heteroatoms. The van der Waals surface area contributed by atoms with E-state index >= 15 is 0 Å². The Balaban J connectivity index is 2.26. The van der Waals surface area contributed by atoms with Gasteiger partial charge in [0.25, 0.3) is 0 Å². The Morgan fingerprint density at radius 3 is 2.88 bits per heavy atom. The summed E-state index contributed by atoms with van der Waals surface area (Å²) in [6.07, 6.45) is 4.62. The van der Waals surface area contributed by atoms with Gasteiger partial charge in [0.2, 0.25) is 0 Å². The van der Waals surface area contributed by atoms with Crippen molar-refractivity contribution in [1.82, 2.24) is 19.7 Å². The average Bonchev–Trinajstić information content (AvgIpc) is 2.85. The van der Waals surface area contributed by atoms with E-state index in [9.17, 15) is 0 Å². The minimum Gasteiger partial charge on any atom is -0.370 e. The van der Waals surface area contributed by atoms with E-state index in [1.165, 1.54) is 0 Å². The second-order valence-electron chi connectivity index (χ2n) is 3.72. The fourth-order valence-electron chi connectivity index (χ4n) is 1.61. The lowest BCUT2D eigenvalue weighted by atomic mass is 10.4. The fraction of sp³-hybridized carbons (Fsp3) is 0.417. The van der Waals surface area contributed by atoms with Crippen LogP contribution in [0.5, 0.6) is 0 Å². The van der Waals surface area contributed by atoms with Crippen molar-refractivity contribution in [3.8, 4) is 11.5 Å². The highest BCUT2D eigenvalue weighted by molar-refractivity contribution is 5.52. The van der Waals surface area contributed by atoms with Crippen LogP contribution in [-0.4, -0.2) is 26.3 Å². The second kappa shape index (κ2) is 5.43. The minimum absolute atomic E-state index is 0.713. The average molecular weight is 231 g/mol. The number of rotatable bonds is 5. The monoisotopic (exact) mass is 231 g/mol. The molecule has 0 unspecified atom stereocenters. The lowest BCUT2D eigenvalue weighted by Crippen LogP contribution is -2.05.